The average Bonchev–Trinajstić information content (AvgIpc) is 1.83. The Hall–Kier alpha value is 0.495. The van der Waals surface area contributed by atoms with Gasteiger partial charge in [0.15, 0.2) is 0 Å². The highest BCUT2D eigenvalue weighted by Gasteiger charge is 1.98. The van der Waals surface area contributed by atoms with Crippen LogP contribution in [0.3, 0.4) is 0 Å². The maximum Gasteiger partial charge on any atom is 0.102 e. The largest absolute Gasteiger partial charge is 0.123 e. The highest BCUT2D eigenvalue weighted by molar-refractivity contribution is 7.38. The Morgan fingerprint density at radius 3 is 2.38 bits per heavy atom. The van der Waals surface area contributed by atoms with Crippen molar-refractivity contribution in [1.29, 1.82) is 0 Å². The molecule has 2 heteroatoms. The third kappa shape index (κ3) is 3.49. The quantitative estimate of drug-likeness (QED) is 0.399. The van der Waals surface area contributed by atoms with Gasteiger partial charge in [0.25, 0.3) is 0 Å². The van der Waals surface area contributed by atoms with Gasteiger partial charge in [0.05, 0.1) is 0 Å². The van der Waals surface area contributed by atoms with Gasteiger partial charge in [0, 0.05) is 0 Å². The van der Waals surface area contributed by atoms with E-state index in [0.29, 0.717) is 0 Å². The van der Waals surface area contributed by atoms with E-state index in [-0.39, 0.29) is 0 Å². The minimum Gasteiger partial charge on any atom is -0.123 e. The van der Waals surface area contributed by atoms with E-state index in [9.17, 15) is 0 Å². The van der Waals surface area contributed by atoms with Gasteiger partial charge < -0.3 is 0 Å². The van der Waals surface area contributed by atoms with Crippen LogP contribution in [0.2, 0.25) is 6.32 Å². The lowest BCUT2D eigenvalue weighted by molar-refractivity contribution is 0.783. The van der Waals surface area contributed by atoms with Gasteiger partial charge in [0.1, 0.15) is 7.85 Å². The molecular formula is C6H16BP. The first-order valence-corrected chi connectivity index (χ1v) is 5.10. The maximum atomic E-state index is 2.31. The summed E-state index contributed by atoms with van der Waals surface area (Å²) in [5.41, 5.74) is 1.03. The van der Waals surface area contributed by atoms with Crippen molar-refractivity contribution in [2.24, 2.45) is 0 Å². The standard InChI is InChI=1S/C6H16BP/c1-3-4-6(5-7)8-2/h6,8H,3-5,7H2,1-2H3. The van der Waals surface area contributed by atoms with E-state index in [2.05, 4.69) is 21.4 Å². The molecular weight excluding hydrogens is 114 g/mol. The molecule has 0 nitrogen and oxygen atoms in total. The van der Waals surface area contributed by atoms with Crippen molar-refractivity contribution >= 4 is 16.4 Å². The van der Waals surface area contributed by atoms with E-state index in [4.69, 9.17) is 0 Å². The van der Waals surface area contributed by atoms with E-state index in [1.807, 2.05) is 0 Å². The van der Waals surface area contributed by atoms with Crippen LogP contribution in [-0.4, -0.2) is 20.2 Å². The summed E-state index contributed by atoms with van der Waals surface area (Å²) in [6.07, 6.45) is 4.17. The summed E-state index contributed by atoms with van der Waals surface area (Å²) in [6.45, 7) is 4.58. The lowest BCUT2D eigenvalue weighted by Gasteiger charge is -2.08. The van der Waals surface area contributed by atoms with Gasteiger partial charge in [-0.15, -0.1) is 8.58 Å². The third-order valence-electron chi connectivity index (χ3n) is 1.54. The molecule has 2 atom stereocenters. The molecule has 0 rings (SSSR count). The predicted molar refractivity (Wildman–Crippen MR) is 46.3 cm³/mol. The molecule has 0 saturated carbocycles. The summed E-state index contributed by atoms with van der Waals surface area (Å²) in [4.78, 5) is 0. The van der Waals surface area contributed by atoms with E-state index < -0.39 is 0 Å². The van der Waals surface area contributed by atoms with Gasteiger partial charge in [-0.1, -0.05) is 19.7 Å². The second-order valence-corrected chi connectivity index (χ2v) is 3.58. The van der Waals surface area contributed by atoms with Crippen LogP contribution >= 0.6 is 8.58 Å². The van der Waals surface area contributed by atoms with Crippen LogP contribution in [0.5, 0.6) is 0 Å². The molecule has 0 N–H and O–H groups in total. The summed E-state index contributed by atoms with van der Waals surface area (Å²) >= 11 is 0. The highest BCUT2D eigenvalue weighted by atomic mass is 31.1. The minimum atomic E-state index is 1.03. The van der Waals surface area contributed by atoms with Gasteiger partial charge >= 0.3 is 0 Å². The van der Waals surface area contributed by atoms with Crippen molar-refractivity contribution in [2.75, 3.05) is 6.66 Å². The molecule has 0 spiro atoms. The number of hydrogen-bond donors (Lipinski definition) is 0. The molecule has 0 bridgehead atoms. The van der Waals surface area contributed by atoms with E-state index in [1.165, 1.54) is 19.2 Å². The summed E-state index contributed by atoms with van der Waals surface area (Å²) in [6, 6.07) is 0. The SMILES string of the molecule is BCC(CCC)PC. The molecule has 0 heterocycles. The molecule has 0 aromatic rings. The second kappa shape index (κ2) is 5.63. The fourth-order valence-electron chi connectivity index (χ4n) is 0.901. The van der Waals surface area contributed by atoms with Crippen molar-refractivity contribution in [2.45, 2.75) is 31.7 Å². The van der Waals surface area contributed by atoms with Gasteiger partial charge in [-0.2, -0.15) is 0 Å². The molecule has 0 aromatic carbocycles. The first-order valence-electron chi connectivity index (χ1n) is 3.52. The van der Waals surface area contributed by atoms with Crippen LogP contribution in [0.15, 0.2) is 0 Å². The molecule has 0 aliphatic heterocycles. The molecule has 0 aliphatic carbocycles. The Balaban J connectivity index is 3.07. The smallest absolute Gasteiger partial charge is 0.102 e. The van der Waals surface area contributed by atoms with Crippen molar-refractivity contribution in [3.8, 4) is 0 Å². The Labute approximate surface area is 55.6 Å². The van der Waals surface area contributed by atoms with Crippen molar-refractivity contribution in [3.63, 3.8) is 0 Å². The van der Waals surface area contributed by atoms with Crippen molar-refractivity contribution < 1.29 is 0 Å². The molecule has 48 valence electrons. The molecule has 0 fully saturated rings. The van der Waals surface area contributed by atoms with Gasteiger partial charge in [-0.25, -0.2) is 0 Å². The normalized spacial score (nSPS) is 15.2. The van der Waals surface area contributed by atoms with E-state index >= 15 is 0 Å². The predicted octanol–water partition coefficient (Wildman–Crippen LogP) is 1.51. The van der Waals surface area contributed by atoms with Crippen LogP contribution in [-0.2, 0) is 0 Å². The fourth-order valence-corrected chi connectivity index (χ4v) is 1.89. The van der Waals surface area contributed by atoms with Gasteiger partial charge in [-0.05, 0) is 18.7 Å². The minimum absolute atomic E-state index is 1.03. The lowest BCUT2D eigenvalue weighted by atomic mass is 9.99. The summed E-state index contributed by atoms with van der Waals surface area (Å²) in [7, 11) is 3.44. The van der Waals surface area contributed by atoms with Crippen molar-refractivity contribution in [3.05, 3.63) is 0 Å². The number of rotatable bonds is 4. The third-order valence-corrected chi connectivity index (χ3v) is 3.05. The Bertz CT molecular complexity index is 43.8. The Morgan fingerprint density at radius 2 is 2.25 bits per heavy atom. The first kappa shape index (κ1) is 8.49. The zero-order chi connectivity index (χ0) is 6.41. The monoisotopic (exact) mass is 130 g/mol. The lowest BCUT2D eigenvalue weighted by Crippen LogP contribution is -1.96. The molecule has 0 saturated heterocycles. The molecule has 0 amide bonds. The zero-order valence-electron chi connectivity index (χ0n) is 6.20. The maximum absolute atomic E-state index is 2.31. The van der Waals surface area contributed by atoms with Crippen LogP contribution in [0.1, 0.15) is 19.8 Å². The van der Waals surface area contributed by atoms with Crippen molar-refractivity contribution in [1.82, 2.24) is 0 Å². The van der Waals surface area contributed by atoms with E-state index in [1.54, 1.807) is 0 Å². The van der Waals surface area contributed by atoms with Crippen LogP contribution < -0.4 is 0 Å². The molecule has 0 aliphatic rings. The van der Waals surface area contributed by atoms with Crippen LogP contribution in [0.25, 0.3) is 0 Å². The first-order chi connectivity index (χ1) is 3.85. The Morgan fingerprint density at radius 1 is 1.62 bits per heavy atom. The summed E-state index contributed by atoms with van der Waals surface area (Å²) in [5.74, 6) is 0. The molecule has 8 heavy (non-hydrogen) atoms. The Kier molecular flexibility index (Phi) is 5.98. The molecule has 0 radical (unpaired) electrons. The molecule has 0 aromatic heterocycles. The molecule has 2 unspecified atom stereocenters. The summed E-state index contributed by atoms with van der Waals surface area (Å²) < 4.78 is 0. The van der Waals surface area contributed by atoms with E-state index in [0.717, 1.165) is 14.2 Å². The fraction of sp³-hybridized carbons (Fsp3) is 1.00. The average molecular weight is 130 g/mol. The number of hydrogen-bond acceptors (Lipinski definition) is 0. The summed E-state index contributed by atoms with van der Waals surface area (Å²) in [5, 5.41) is 0. The van der Waals surface area contributed by atoms with Gasteiger partial charge in [-0.3, -0.25) is 0 Å². The zero-order valence-corrected chi connectivity index (χ0v) is 7.20. The van der Waals surface area contributed by atoms with Crippen LogP contribution in [0.4, 0.5) is 0 Å². The highest BCUT2D eigenvalue weighted by Crippen LogP contribution is 2.21. The van der Waals surface area contributed by atoms with Gasteiger partial charge in [0.2, 0.25) is 0 Å². The second-order valence-electron chi connectivity index (χ2n) is 2.18. The topological polar surface area (TPSA) is 0 Å². The van der Waals surface area contributed by atoms with Crippen LogP contribution in [0, 0.1) is 0 Å².